The van der Waals surface area contributed by atoms with Crippen LogP contribution in [0.1, 0.15) is 25.7 Å². The van der Waals surface area contributed by atoms with Crippen molar-refractivity contribution in [3.05, 3.63) is 0 Å². The van der Waals surface area contributed by atoms with Gasteiger partial charge >= 0.3 is 0 Å². The molecular weight excluding hydrogens is 166 g/mol. The van der Waals surface area contributed by atoms with Crippen LogP contribution < -0.4 is 5.73 Å². The summed E-state index contributed by atoms with van der Waals surface area (Å²) in [6, 6.07) is 0. The summed E-state index contributed by atoms with van der Waals surface area (Å²) >= 11 is 1.96. The maximum absolute atomic E-state index is 5.88. The van der Waals surface area contributed by atoms with Crippen molar-refractivity contribution in [2.45, 2.75) is 25.7 Å². The molecule has 0 radical (unpaired) electrons. The van der Waals surface area contributed by atoms with Crippen molar-refractivity contribution in [2.24, 2.45) is 23.0 Å². The first-order valence-electron chi connectivity index (χ1n) is 4.99. The van der Waals surface area contributed by atoms with E-state index < -0.39 is 0 Å². The van der Waals surface area contributed by atoms with E-state index in [0.29, 0.717) is 5.41 Å². The van der Waals surface area contributed by atoms with Gasteiger partial charge in [0, 0.05) is 0 Å². The number of thioether (sulfide) groups is 1. The Labute approximate surface area is 79.5 Å². The lowest BCUT2D eigenvalue weighted by Gasteiger charge is -2.28. The molecule has 0 aromatic rings. The van der Waals surface area contributed by atoms with Crippen LogP contribution in [0.25, 0.3) is 0 Å². The average Bonchev–Trinajstić information content (AvgIpc) is 2.72. The van der Waals surface area contributed by atoms with Crippen LogP contribution in [0, 0.1) is 17.3 Å². The molecule has 2 aliphatic rings. The molecule has 0 heterocycles. The zero-order valence-electron chi connectivity index (χ0n) is 7.88. The van der Waals surface area contributed by atoms with E-state index in [0.717, 1.165) is 18.4 Å². The minimum atomic E-state index is 0.566. The fourth-order valence-corrected chi connectivity index (χ4v) is 3.43. The predicted octanol–water partition coefficient (Wildman–Crippen LogP) is 2.11. The first kappa shape index (κ1) is 8.89. The van der Waals surface area contributed by atoms with Crippen LogP contribution in [0.5, 0.6) is 0 Å². The van der Waals surface area contributed by atoms with E-state index in [1.165, 1.54) is 31.4 Å². The molecule has 0 aromatic carbocycles. The van der Waals surface area contributed by atoms with E-state index in [4.69, 9.17) is 5.73 Å². The Balaban J connectivity index is 1.87. The molecule has 2 N–H and O–H groups in total. The highest BCUT2D eigenvalue weighted by atomic mass is 32.2. The lowest BCUT2D eigenvalue weighted by atomic mass is 9.80. The first-order chi connectivity index (χ1) is 5.79. The van der Waals surface area contributed by atoms with Crippen molar-refractivity contribution in [1.82, 2.24) is 0 Å². The highest BCUT2D eigenvalue weighted by molar-refractivity contribution is 7.98. The van der Waals surface area contributed by atoms with Crippen LogP contribution >= 0.6 is 11.8 Å². The van der Waals surface area contributed by atoms with E-state index in [1.54, 1.807) is 0 Å². The molecule has 1 nitrogen and oxygen atoms in total. The van der Waals surface area contributed by atoms with Gasteiger partial charge in [0.1, 0.15) is 0 Å². The quantitative estimate of drug-likeness (QED) is 0.726. The Hall–Kier alpha value is 0.310. The molecule has 0 spiro atoms. The standard InChI is InChI=1S/C10H19NS/c1-12-3-2-10(7-11)5-8-4-9(8)6-10/h8-9H,2-7,11H2,1H3. The second-order valence-electron chi connectivity index (χ2n) is 4.61. The molecule has 0 bridgehead atoms. The molecule has 2 atom stereocenters. The fourth-order valence-electron chi connectivity index (χ4n) is 2.80. The van der Waals surface area contributed by atoms with E-state index in [2.05, 4.69) is 6.26 Å². The third-order valence-electron chi connectivity index (χ3n) is 3.73. The van der Waals surface area contributed by atoms with Crippen LogP contribution in [0.3, 0.4) is 0 Å². The third kappa shape index (κ3) is 1.51. The maximum Gasteiger partial charge on any atom is -0.00200 e. The summed E-state index contributed by atoms with van der Waals surface area (Å²) in [6.45, 7) is 0.931. The van der Waals surface area contributed by atoms with Crippen LogP contribution in [0.15, 0.2) is 0 Å². The number of hydrogen-bond acceptors (Lipinski definition) is 2. The van der Waals surface area contributed by atoms with E-state index >= 15 is 0 Å². The second kappa shape index (κ2) is 3.22. The highest BCUT2D eigenvalue weighted by Crippen LogP contribution is 2.60. The van der Waals surface area contributed by atoms with Gasteiger partial charge in [0.2, 0.25) is 0 Å². The Morgan fingerprint density at radius 2 is 2.08 bits per heavy atom. The summed E-state index contributed by atoms with van der Waals surface area (Å²) in [7, 11) is 0. The second-order valence-corrected chi connectivity index (χ2v) is 5.60. The molecule has 70 valence electrons. The number of rotatable bonds is 4. The molecule has 0 amide bonds. The molecule has 0 aromatic heterocycles. The zero-order chi connectivity index (χ0) is 8.60. The monoisotopic (exact) mass is 185 g/mol. The van der Waals surface area contributed by atoms with E-state index in [9.17, 15) is 0 Å². The lowest BCUT2D eigenvalue weighted by Crippen LogP contribution is -2.29. The van der Waals surface area contributed by atoms with Gasteiger partial charge in [-0.1, -0.05) is 0 Å². The number of hydrogen-bond donors (Lipinski definition) is 1. The van der Waals surface area contributed by atoms with Gasteiger partial charge in [-0.2, -0.15) is 11.8 Å². The lowest BCUT2D eigenvalue weighted by molar-refractivity contribution is 0.267. The maximum atomic E-state index is 5.88. The summed E-state index contributed by atoms with van der Waals surface area (Å²) in [5.74, 6) is 3.46. The van der Waals surface area contributed by atoms with Crippen LogP contribution in [0.4, 0.5) is 0 Å². The summed E-state index contributed by atoms with van der Waals surface area (Å²) in [4.78, 5) is 0. The van der Waals surface area contributed by atoms with Crippen LogP contribution in [0.2, 0.25) is 0 Å². The van der Waals surface area contributed by atoms with Gasteiger partial charge in [-0.05, 0) is 61.5 Å². The molecule has 2 rings (SSSR count). The van der Waals surface area contributed by atoms with Gasteiger partial charge in [-0.15, -0.1) is 0 Å². The van der Waals surface area contributed by atoms with Gasteiger partial charge in [0.15, 0.2) is 0 Å². The minimum Gasteiger partial charge on any atom is -0.330 e. The smallest absolute Gasteiger partial charge is 0.00200 e. The molecular formula is C10H19NS. The van der Waals surface area contributed by atoms with Gasteiger partial charge in [0.05, 0.1) is 0 Å². The first-order valence-corrected chi connectivity index (χ1v) is 6.38. The molecule has 0 aliphatic heterocycles. The van der Waals surface area contributed by atoms with Crippen molar-refractivity contribution in [3.8, 4) is 0 Å². The number of fused-ring (bicyclic) bond motifs is 1. The van der Waals surface area contributed by atoms with Crippen molar-refractivity contribution in [1.29, 1.82) is 0 Å². The van der Waals surface area contributed by atoms with Crippen molar-refractivity contribution >= 4 is 11.8 Å². The summed E-state index contributed by atoms with van der Waals surface area (Å²) < 4.78 is 0. The minimum absolute atomic E-state index is 0.566. The highest BCUT2D eigenvalue weighted by Gasteiger charge is 2.52. The zero-order valence-corrected chi connectivity index (χ0v) is 8.70. The fraction of sp³-hybridized carbons (Fsp3) is 1.00. The molecule has 2 heteroatoms. The normalized spacial score (nSPS) is 44.5. The van der Waals surface area contributed by atoms with Gasteiger partial charge in [-0.25, -0.2) is 0 Å². The summed E-state index contributed by atoms with van der Waals surface area (Å²) in [6.07, 6.45) is 7.95. The van der Waals surface area contributed by atoms with Gasteiger partial charge < -0.3 is 5.73 Å². The molecule has 2 unspecified atom stereocenters. The van der Waals surface area contributed by atoms with E-state index in [1.807, 2.05) is 11.8 Å². The Morgan fingerprint density at radius 3 is 2.58 bits per heavy atom. The molecule has 2 saturated carbocycles. The Bertz CT molecular complexity index is 159. The summed E-state index contributed by atoms with van der Waals surface area (Å²) in [5.41, 5.74) is 6.45. The molecule has 12 heavy (non-hydrogen) atoms. The van der Waals surface area contributed by atoms with Crippen molar-refractivity contribution in [2.75, 3.05) is 18.6 Å². The van der Waals surface area contributed by atoms with Crippen LogP contribution in [-0.2, 0) is 0 Å². The molecule has 0 saturated heterocycles. The van der Waals surface area contributed by atoms with Gasteiger partial charge in [-0.3, -0.25) is 0 Å². The Morgan fingerprint density at radius 1 is 1.42 bits per heavy atom. The third-order valence-corrected chi connectivity index (χ3v) is 4.34. The Kier molecular flexibility index (Phi) is 2.39. The molecule has 2 aliphatic carbocycles. The largest absolute Gasteiger partial charge is 0.330 e. The SMILES string of the molecule is CSCCC1(CN)CC2CC2C1. The molecule has 2 fully saturated rings. The van der Waals surface area contributed by atoms with Crippen molar-refractivity contribution in [3.63, 3.8) is 0 Å². The average molecular weight is 185 g/mol. The predicted molar refractivity (Wildman–Crippen MR) is 55.3 cm³/mol. The van der Waals surface area contributed by atoms with Gasteiger partial charge in [0.25, 0.3) is 0 Å². The number of nitrogens with two attached hydrogens (primary N) is 1. The van der Waals surface area contributed by atoms with Crippen molar-refractivity contribution < 1.29 is 0 Å². The summed E-state index contributed by atoms with van der Waals surface area (Å²) in [5, 5.41) is 0. The van der Waals surface area contributed by atoms with Crippen LogP contribution in [-0.4, -0.2) is 18.6 Å². The van der Waals surface area contributed by atoms with E-state index in [-0.39, 0.29) is 0 Å². The topological polar surface area (TPSA) is 26.0 Å².